The SMILES string of the molecule is CC(C)(C)c1ccc(-n2c(-c3[c-]ccc4c3oc3ccccc34)nc3ccccc32)c(-c2ccccc2)c1.CC1(C)c2ccccc2-c2cc[c-]c(-c3cc(CC4CCCC4)c([Si](C)(C)C)cn3)c21.[Ir]. The number of pyridine rings is 1. The van der Waals surface area contributed by atoms with Gasteiger partial charge in [-0.1, -0.05) is 199 Å². The Kier molecular flexibility index (Phi) is 12.6. The van der Waals surface area contributed by atoms with Gasteiger partial charge in [0.05, 0.1) is 30.5 Å². The van der Waals surface area contributed by atoms with E-state index in [9.17, 15) is 0 Å². The second-order valence-corrected chi connectivity index (χ2v) is 27.0. The van der Waals surface area contributed by atoms with E-state index in [-0.39, 0.29) is 30.9 Å². The molecule has 2 aliphatic carbocycles. The molecule has 353 valence electrons. The molecule has 1 fully saturated rings. The summed E-state index contributed by atoms with van der Waals surface area (Å²) in [6, 6.07) is 60.7. The topological polar surface area (TPSA) is 43.9 Å². The summed E-state index contributed by atoms with van der Waals surface area (Å²) in [5.41, 5.74) is 18.5. The number of rotatable bonds is 7. The van der Waals surface area contributed by atoms with Crippen LogP contribution in [-0.2, 0) is 37.4 Å². The van der Waals surface area contributed by atoms with Crippen LogP contribution < -0.4 is 5.19 Å². The van der Waals surface area contributed by atoms with Gasteiger partial charge in [0.1, 0.15) is 5.58 Å². The van der Waals surface area contributed by atoms with Crippen LogP contribution in [0, 0.1) is 18.1 Å². The minimum Gasteiger partial charge on any atom is -0.501 e. The van der Waals surface area contributed by atoms with Gasteiger partial charge in [-0.05, 0) is 86.6 Å². The van der Waals surface area contributed by atoms with E-state index in [0.717, 1.165) is 61.7 Å². The number of imidazole rings is 1. The largest absolute Gasteiger partial charge is 0.501 e. The Morgan fingerprint density at radius 3 is 2.20 bits per heavy atom. The zero-order valence-electron chi connectivity index (χ0n) is 41.7. The molecule has 0 unspecified atom stereocenters. The summed E-state index contributed by atoms with van der Waals surface area (Å²) >= 11 is 0. The van der Waals surface area contributed by atoms with E-state index in [2.05, 4.69) is 198 Å². The molecule has 6 heteroatoms. The average Bonchev–Trinajstić information content (AvgIpc) is 4.15. The Balaban J connectivity index is 0.000000163. The molecule has 3 aromatic heterocycles. The van der Waals surface area contributed by atoms with Gasteiger partial charge in [-0.25, -0.2) is 0 Å². The molecule has 1 radical (unpaired) electrons. The smallest absolute Gasteiger partial charge is 0.120 e. The number of para-hydroxylation sites is 3. The molecule has 3 heterocycles. The number of aromatic nitrogens is 3. The van der Waals surface area contributed by atoms with Crippen LogP contribution in [0.15, 0.2) is 162 Å². The van der Waals surface area contributed by atoms with E-state index in [4.69, 9.17) is 14.4 Å². The maximum absolute atomic E-state index is 6.42. The maximum atomic E-state index is 6.42. The van der Waals surface area contributed by atoms with Gasteiger partial charge < -0.3 is 14.0 Å². The van der Waals surface area contributed by atoms with Crippen molar-refractivity contribution >= 4 is 46.2 Å². The van der Waals surface area contributed by atoms with Gasteiger partial charge >= 0.3 is 0 Å². The van der Waals surface area contributed by atoms with E-state index in [1.807, 2.05) is 30.3 Å². The van der Waals surface area contributed by atoms with Gasteiger partial charge in [0.2, 0.25) is 0 Å². The molecule has 0 amide bonds. The zero-order valence-corrected chi connectivity index (χ0v) is 45.1. The molecule has 2 aliphatic rings. The summed E-state index contributed by atoms with van der Waals surface area (Å²) in [6.07, 6.45) is 9.01. The van der Waals surface area contributed by atoms with Crippen LogP contribution in [0.3, 0.4) is 0 Å². The van der Waals surface area contributed by atoms with Gasteiger partial charge in [-0.2, -0.15) is 0 Å². The first kappa shape index (κ1) is 47.5. The van der Waals surface area contributed by atoms with Crippen LogP contribution in [0.5, 0.6) is 0 Å². The van der Waals surface area contributed by atoms with Gasteiger partial charge in [0.25, 0.3) is 0 Å². The standard InChI is InChI=1S/C35H27N2O.C29H34NSi.Ir/c1-35(2,3)24-20-21-30(28(22-24)23-12-5-4-6-13-23)37-31-18-9-8-17-29(31)36-34(37)27-16-11-15-26-25-14-7-10-19-32(25)38-33(26)27;1-29(2)25-16-9-8-13-22(25)23-14-10-15-24(28(23)29)26-18-21(17-20-11-6-7-12-20)27(19-30-26)31(3,4)5;/h4-15,17-22H,1-3H3;8-10,13-14,16,18-20H,6-7,11-12,17H2,1-5H3;/q2*-1;. The van der Waals surface area contributed by atoms with E-state index in [1.54, 1.807) is 10.8 Å². The molecule has 0 saturated heterocycles. The number of fused-ring (bicyclic) bond motifs is 7. The van der Waals surface area contributed by atoms with Gasteiger partial charge in [-0.3, -0.25) is 4.98 Å². The van der Waals surface area contributed by atoms with E-state index >= 15 is 0 Å². The second kappa shape index (κ2) is 18.5. The molecule has 0 bridgehead atoms. The van der Waals surface area contributed by atoms with Gasteiger partial charge in [-0.15, -0.1) is 47.5 Å². The summed E-state index contributed by atoms with van der Waals surface area (Å²) in [5.74, 6) is 1.66. The Morgan fingerprint density at radius 1 is 0.714 bits per heavy atom. The molecule has 70 heavy (non-hydrogen) atoms. The fourth-order valence-electron chi connectivity index (χ4n) is 11.3. The van der Waals surface area contributed by atoms with Gasteiger partial charge in [0, 0.05) is 42.9 Å². The average molecular weight is 1110 g/mol. The molecule has 0 spiro atoms. The fraction of sp³-hybridized carbons (Fsp3) is 0.250. The quantitative estimate of drug-likeness (QED) is 0.118. The minimum absolute atomic E-state index is 0. The van der Waals surface area contributed by atoms with Crippen molar-refractivity contribution in [3.8, 4) is 50.6 Å². The van der Waals surface area contributed by atoms with Crippen LogP contribution in [0.25, 0.3) is 83.6 Å². The third kappa shape index (κ3) is 8.52. The van der Waals surface area contributed by atoms with Crippen molar-refractivity contribution in [2.24, 2.45) is 5.92 Å². The van der Waals surface area contributed by atoms with Crippen LogP contribution in [0.2, 0.25) is 19.6 Å². The first-order chi connectivity index (χ1) is 33.3. The third-order valence-corrected chi connectivity index (χ3v) is 16.9. The number of benzene rings is 7. The zero-order chi connectivity index (χ0) is 47.7. The Bertz CT molecular complexity index is 3550. The summed E-state index contributed by atoms with van der Waals surface area (Å²) in [6.45, 7) is 18.8. The molecular formula is C64H61IrN3OSi-2. The molecule has 1 saturated carbocycles. The first-order valence-corrected chi connectivity index (χ1v) is 28.4. The molecule has 0 atom stereocenters. The molecular weight excluding hydrogens is 1050 g/mol. The van der Waals surface area contributed by atoms with E-state index in [0.29, 0.717) is 0 Å². The predicted molar refractivity (Wildman–Crippen MR) is 291 cm³/mol. The molecule has 0 N–H and O–H groups in total. The summed E-state index contributed by atoms with van der Waals surface area (Å²) in [7, 11) is -1.45. The van der Waals surface area contributed by atoms with Gasteiger partial charge in [0.15, 0.2) is 0 Å². The summed E-state index contributed by atoms with van der Waals surface area (Å²) in [4.78, 5) is 10.2. The Hall–Kier alpha value is -6.17. The van der Waals surface area contributed by atoms with Crippen molar-refractivity contribution < 1.29 is 24.5 Å². The number of furan rings is 1. The van der Waals surface area contributed by atoms with Crippen LogP contribution >= 0.6 is 0 Å². The van der Waals surface area contributed by atoms with E-state index < -0.39 is 8.07 Å². The number of hydrogen-bond acceptors (Lipinski definition) is 3. The molecule has 4 nitrogen and oxygen atoms in total. The molecule has 7 aromatic carbocycles. The first-order valence-electron chi connectivity index (χ1n) is 24.9. The Morgan fingerprint density at radius 2 is 1.41 bits per heavy atom. The van der Waals surface area contributed by atoms with E-state index in [1.165, 1.54) is 76.6 Å². The fourth-order valence-corrected chi connectivity index (χ4v) is 12.9. The monoisotopic (exact) mass is 1110 g/mol. The predicted octanol–water partition coefficient (Wildman–Crippen LogP) is 16.5. The van der Waals surface area contributed by atoms with Crippen molar-refractivity contribution in [2.75, 3.05) is 0 Å². The van der Waals surface area contributed by atoms with Crippen molar-refractivity contribution in [1.29, 1.82) is 0 Å². The summed E-state index contributed by atoms with van der Waals surface area (Å²) < 4.78 is 8.69. The van der Waals surface area contributed by atoms with Crippen molar-refractivity contribution in [1.82, 2.24) is 14.5 Å². The number of hydrogen-bond donors (Lipinski definition) is 0. The normalized spacial score (nSPS) is 14.3. The second-order valence-electron chi connectivity index (χ2n) is 21.9. The van der Waals surface area contributed by atoms with Crippen molar-refractivity contribution in [3.05, 3.63) is 192 Å². The maximum Gasteiger partial charge on any atom is 0.120 e. The van der Waals surface area contributed by atoms with Crippen LogP contribution in [-0.4, -0.2) is 22.6 Å². The molecule has 12 rings (SSSR count). The summed E-state index contributed by atoms with van der Waals surface area (Å²) in [5, 5.41) is 3.71. The van der Waals surface area contributed by atoms with Crippen LogP contribution in [0.4, 0.5) is 0 Å². The number of nitrogens with zero attached hydrogens (tertiary/aromatic N) is 3. The molecule has 10 aromatic rings. The Labute approximate surface area is 428 Å². The minimum atomic E-state index is -1.45. The van der Waals surface area contributed by atoms with Crippen LogP contribution in [0.1, 0.15) is 82.6 Å². The molecule has 0 aliphatic heterocycles. The van der Waals surface area contributed by atoms with Crippen molar-refractivity contribution in [3.63, 3.8) is 0 Å². The third-order valence-electron chi connectivity index (χ3n) is 14.9. The van der Waals surface area contributed by atoms with Crippen molar-refractivity contribution in [2.45, 2.75) is 97.2 Å².